The lowest BCUT2D eigenvalue weighted by atomic mass is 10.4. The van der Waals surface area contributed by atoms with E-state index in [1.54, 1.807) is 19.9 Å². The molecule has 0 saturated heterocycles. The summed E-state index contributed by atoms with van der Waals surface area (Å²) in [7, 11) is 1.28. The SMILES string of the molecule is CCOSP(=O)(Oc1cc(C)sc1C(=O)OC)SOCC. The van der Waals surface area contributed by atoms with Crippen LogP contribution in [-0.2, 0) is 17.7 Å². The molecule has 0 spiro atoms. The number of aryl methyl sites for hydroxylation is 1. The molecule has 0 saturated carbocycles. The van der Waals surface area contributed by atoms with E-state index in [2.05, 4.69) is 0 Å². The van der Waals surface area contributed by atoms with Crippen LogP contribution in [0, 0.1) is 6.92 Å². The van der Waals surface area contributed by atoms with Crippen LogP contribution in [-0.4, -0.2) is 26.3 Å². The first-order valence-electron chi connectivity index (χ1n) is 6.06. The Balaban J connectivity index is 2.97. The van der Waals surface area contributed by atoms with Crippen LogP contribution in [0.3, 0.4) is 0 Å². The second-order valence-corrected chi connectivity index (χ2v) is 11.1. The van der Waals surface area contributed by atoms with Gasteiger partial charge >= 0.3 is 11.7 Å². The Morgan fingerprint density at radius 1 is 1.29 bits per heavy atom. The molecule has 120 valence electrons. The van der Waals surface area contributed by atoms with Crippen LogP contribution in [0.5, 0.6) is 5.75 Å². The van der Waals surface area contributed by atoms with Crippen molar-refractivity contribution in [1.82, 2.24) is 0 Å². The normalized spacial score (nSPS) is 11.4. The van der Waals surface area contributed by atoms with Crippen molar-refractivity contribution in [1.29, 1.82) is 0 Å². The molecule has 1 rings (SSSR count). The number of methoxy groups -OCH3 is 1. The molecule has 0 amide bonds. The van der Waals surface area contributed by atoms with E-state index < -0.39 is 11.7 Å². The monoisotopic (exact) mass is 372 g/mol. The number of ether oxygens (including phenoxy) is 1. The molecule has 0 fully saturated rings. The fraction of sp³-hybridized carbons (Fsp3) is 0.545. The number of thiophene rings is 1. The molecule has 0 aliphatic heterocycles. The van der Waals surface area contributed by atoms with Crippen LogP contribution in [0.4, 0.5) is 0 Å². The highest BCUT2D eigenvalue weighted by Crippen LogP contribution is 2.70. The summed E-state index contributed by atoms with van der Waals surface area (Å²) in [6.45, 7) is 6.11. The zero-order valence-corrected chi connectivity index (χ0v) is 15.5. The Labute approximate surface area is 136 Å². The molecule has 0 radical (unpaired) electrons. The van der Waals surface area contributed by atoms with E-state index in [1.165, 1.54) is 18.4 Å². The Morgan fingerprint density at radius 3 is 2.33 bits per heavy atom. The molecule has 0 bridgehead atoms. The zero-order chi connectivity index (χ0) is 15.9. The van der Waals surface area contributed by atoms with Gasteiger partial charge in [-0.2, -0.15) is 0 Å². The Bertz CT molecular complexity index is 506. The van der Waals surface area contributed by atoms with Gasteiger partial charge in [-0.25, -0.2) is 9.36 Å². The number of hydrogen-bond donors (Lipinski definition) is 0. The van der Waals surface area contributed by atoms with Gasteiger partial charge in [0.2, 0.25) is 0 Å². The van der Waals surface area contributed by atoms with Crippen LogP contribution >= 0.6 is 40.4 Å². The minimum Gasteiger partial charge on any atom is -0.465 e. The third-order valence-electron chi connectivity index (χ3n) is 1.93. The highest BCUT2D eigenvalue weighted by atomic mass is 33.1. The van der Waals surface area contributed by atoms with Crippen LogP contribution in [0.1, 0.15) is 28.4 Å². The first kappa shape index (κ1) is 18.9. The molecule has 0 unspecified atom stereocenters. The highest BCUT2D eigenvalue weighted by Gasteiger charge is 2.32. The minimum absolute atomic E-state index is 0.215. The molecule has 0 aliphatic rings. The first-order chi connectivity index (χ1) is 9.95. The van der Waals surface area contributed by atoms with Gasteiger partial charge < -0.3 is 17.6 Å². The smallest absolute Gasteiger partial charge is 0.412 e. The van der Waals surface area contributed by atoms with Gasteiger partial charge in [-0.3, -0.25) is 0 Å². The van der Waals surface area contributed by atoms with E-state index >= 15 is 0 Å². The lowest BCUT2D eigenvalue weighted by Gasteiger charge is -2.15. The molecule has 6 nitrogen and oxygen atoms in total. The lowest BCUT2D eigenvalue weighted by molar-refractivity contribution is 0.0604. The van der Waals surface area contributed by atoms with Crippen molar-refractivity contribution in [2.45, 2.75) is 20.8 Å². The molecule has 0 N–H and O–H groups in total. The van der Waals surface area contributed by atoms with Crippen LogP contribution in [0.25, 0.3) is 0 Å². The number of rotatable bonds is 9. The first-order valence-corrected chi connectivity index (χ1v) is 11.2. The van der Waals surface area contributed by atoms with E-state index in [4.69, 9.17) is 17.6 Å². The third kappa shape index (κ3) is 5.84. The molecule has 1 aromatic rings. The van der Waals surface area contributed by atoms with Gasteiger partial charge in [-0.1, -0.05) is 0 Å². The maximum atomic E-state index is 12.7. The van der Waals surface area contributed by atoms with Crippen LogP contribution < -0.4 is 4.52 Å². The average molecular weight is 372 g/mol. The summed E-state index contributed by atoms with van der Waals surface area (Å²) < 4.78 is 33.1. The summed E-state index contributed by atoms with van der Waals surface area (Å²) in [5, 5.41) is 0. The predicted octanol–water partition coefficient (Wildman–Crippen LogP) is 4.70. The fourth-order valence-electron chi connectivity index (χ4n) is 1.19. The summed E-state index contributed by atoms with van der Waals surface area (Å²) in [6.07, 6.45) is 0. The molecule has 1 heterocycles. The van der Waals surface area contributed by atoms with Crippen molar-refractivity contribution in [3.63, 3.8) is 0 Å². The maximum Gasteiger partial charge on any atom is 0.412 e. The van der Waals surface area contributed by atoms with Crippen LogP contribution in [0.2, 0.25) is 0 Å². The van der Waals surface area contributed by atoms with Crippen molar-refractivity contribution in [2.24, 2.45) is 0 Å². The minimum atomic E-state index is -3.35. The standard InChI is InChI=1S/C11H17O6PS3/c1-5-15-20-18(13,21-16-6-2)17-9-7-8(3)19-10(9)11(12)14-4/h7H,5-6H2,1-4H3. The molecule has 0 atom stereocenters. The fourth-order valence-corrected chi connectivity index (χ4v) is 6.19. The van der Waals surface area contributed by atoms with Gasteiger partial charge in [-0.15, -0.1) is 11.3 Å². The maximum absolute atomic E-state index is 12.7. The summed E-state index contributed by atoms with van der Waals surface area (Å²) in [5.41, 5.74) is 0. The summed E-state index contributed by atoms with van der Waals surface area (Å²) >= 11 is 2.65. The Kier molecular flexibility index (Phi) is 8.15. The van der Waals surface area contributed by atoms with E-state index in [9.17, 15) is 9.36 Å². The number of esters is 1. The van der Waals surface area contributed by atoms with Gasteiger partial charge in [0.25, 0.3) is 0 Å². The number of carbonyl (C=O) groups is 1. The van der Waals surface area contributed by atoms with Crippen molar-refractivity contribution >= 4 is 46.4 Å². The summed E-state index contributed by atoms with van der Waals surface area (Å²) in [4.78, 5) is 12.8. The van der Waals surface area contributed by atoms with E-state index in [0.29, 0.717) is 13.2 Å². The van der Waals surface area contributed by atoms with Gasteiger partial charge in [0.15, 0.2) is 10.6 Å². The van der Waals surface area contributed by atoms with E-state index in [0.717, 1.165) is 28.2 Å². The second-order valence-electron chi connectivity index (χ2n) is 3.54. The molecular weight excluding hydrogens is 355 g/mol. The van der Waals surface area contributed by atoms with Crippen molar-refractivity contribution in [3.05, 3.63) is 15.8 Å². The molecule has 0 aromatic carbocycles. The van der Waals surface area contributed by atoms with Gasteiger partial charge in [-0.05, 0) is 26.8 Å². The molecule has 0 aliphatic carbocycles. The van der Waals surface area contributed by atoms with Crippen molar-refractivity contribution < 1.29 is 27.0 Å². The average Bonchev–Trinajstić information content (AvgIpc) is 2.82. The van der Waals surface area contributed by atoms with E-state index in [1.807, 2.05) is 6.92 Å². The molecular formula is C11H17O6PS3. The Hall–Kier alpha value is -0.180. The lowest BCUT2D eigenvalue weighted by Crippen LogP contribution is -2.00. The van der Waals surface area contributed by atoms with Crippen molar-refractivity contribution in [2.75, 3.05) is 20.3 Å². The molecule has 10 heteroatoms. The molecule has 21 heavy (non-hydrogen) atoms. The second kappa shape index (κ2) is 9.07. The number of hydrogen-bond acceptors (Lipinski definition) is 9. The van der Waals surface area contributed by atoms with E-state index in [-0.39, 0.29) is 10.6 Å². The summed E-state index contributed by atoms with van der Waals surface area (Å²) in [6, 6.07) is 1.64. The third-order valence-corrected chi connectivity index (χ3v) is 7.68. The zero-order valence-electron chi connectivity index (χ0n) is 12.1. The predicted molar refractivity (Wildman–Crippen MR) is 87.1 cm³/mol. The topological polar surface area (TPSA) is 71.1 Å². The number of carbonyl (C=O) groups excluding carboxylic acids is 1. The Morgan fingerprint density at radius 2 is 1.86 bits per heavy atom. The van der Waals surface area contributed by atoms with Crippen LogP contribution in [0.15, 0.2) is 6.07 Å². The quantitative estimate of drug-likeness (QED) is 0.351. The van der Waals surface area contributed by atoms with Gasteiger partial charge in [0.1, 0.15) is 23.3 Å². The summed E-state index contributed by atoms with van der Waals surface area (Å²) in [5.74, 6) is -3.67. The largest absolute Gasteiger partial charge is 0.465 e. The van der Waals surface area contributed by atoms with Gasteiger partial charge in [0.05, 0.1) is 20.3 Å². The van der Waals surface area contributed by atoms with Crippen molar-refractivity contribution in [3.8, 4) is 5.75 Å². The molecule has 1 aromatic heterocycles. The highest BCUT2D eigenvalue weighted by molar-refractivity contribution is 8.87. The van der Waals surface area contributed by atoms with Gasteiger partial charge in [0, 0.05) is 4.88 Å².